The highest BCUT2D eigenvalue weighted by atomic mass is 32.2. The smallest absolute Gasteiger partial charge is 0.138 e. The minimum absolute atomic E-state index is 0.682. The predicted octanol–water partition coefficient (Wildman–Crippen LogP) is 1.57. The number of nitrogen functional groups attached to an aromatic ring is 1. The van der Waals surface area contributed by atoms with Crippen LogP contribution in [-0.2, 0) is 12.3 Å². The molecule has 2 rings (SSSR count). The van der Waals surface area contributed by atoms with Crippen LogP contribution in [0, 0.1) is 0 Å². The van der Waals surface area contributed by atoms with Crippen molar-refractivity contribution in [2.24, 2.45) is 0 Å². The van der Waals surface area contributed by atoms with Crippen LogP contribution in [0.15, 0.2) is 29.7 Å². The first-order chi connectivity index (χ1) is 7.79. The number of anilines is 1. The first-order valence-corrected chi connectivity index (χ1v) is 5.99. The van der Waals surface area contributed by atoms with Crippen molar-refractivity contribution in [3.8, 4) is 0 Å². The van der Waals surface area contributed by atoms with Crippen molar-refractivity contribution in [1.82, 2.24) is 19.7 Å². The standard InChI is InChI=1S/C10H13N5S/c1-2-15-9(13-7-14-15)6-16-10-4-3-8(11)5-12-10/h3-5,7H,2,6,11H2,1H3. The maximum absolute atomic E-state index is 5.56. The van der Waals surface area contributed by atoms with Crippen LogP contribution in [-0.4, -0.2) is 19.7 Å². The lowest BCUT2D eigenvalue weighted by molar-refractivity contribution is 0.632. The Labute approximate surface area is 98.1 Å². The lowest BCUT2D eigenvalue weighted by Gasteiger charge is -2.02. The Morgan fingerprint density at radius 3 is 2.94 bits per heavy atom. The van der Waals surface area contributed by atoms with E-state index in [0.29, 0.717) is 5.69 Å². The quantitative estimate of drug-likeness (QED) is 0.814. The van der Waals surface area contributed by atoms with Crippen LogP contribution in [0.5, 0.6) is 0 Å². The number of aryl methyl sites for hydroxylation is 1. The van der Waals surface area contributed by atoms with E-state index < -0.39 is 0 Å². The van der Waals surface area contributed by atoms with Gasteiger partial charge in [0.25, 0.3) is 0 Å². The van der Waals surface area contributed by atoms with E-state index in [4.69, 9.17) is 5.73 Å². The number of nitrogens with zero attached hydrogens (tertiary/aromatic N) is 4. The molecular formula is C10H13N5S. The zero-order chi connectivity index (χ0) is 11.4. The molecule has 0 fully saturated rings. The first kappa shape index (κ1) is 10.9. The van der Waals surface area contributed by atoms with Gasteiger partial charge in [-0.1, -0.05) is 11.8 Å². The molecule has 0 spiro atoms. The van der Waals surface area contributed by atoms with Gasteiger partial charge in [-0.25, -0.2) is 14.6 Å². The summed E-state index contributed by atoms with van der Waals surface area (Å²) in [7, 11) is 0. The summed E-state index contributed by atoms with van der Waals surface area (Å²) in [5.74, 6) is 1.73. The Hall–Kier alpha value is -1.56. The minimum Gasteiger partial charge on any atom is -0.397 e. The minimum atomic E-state index is 0.682. The second-order valence-corrected chi connectivity index (χ2v) is 4.21. The molecule has 0 saturated heterocycles. The number of thioether (sulfide) groups is 1. The third-order valence-electron chi connectivity index (χ3n) is 2.10. The fourth-order valence-electron chi connectivity index (χ4n) is 1.28. The molecule has 2 heterocycles. The van der Waals surface area contributed by atoms with Gasteiger partial charge in [-0.2, -0.15) is 5.10 Å². The third-order valence-corrected chi connectivity index (χ3v) is 3.04. The average Bonchev–Trinajstić information content (AvgIpc) is 2.76. The summed E-state index contributed by atoms with van der Waals surface area (Å²) in [5.41, 5.74) is 6.25. The Morgan fingerprint density at radius 2 is 2.25 bits per heavy atom. The monoisotopic (exact) mass is 235 g/mol. The van der Waals surface area contributed by atoms with Gasteiger partial charge in [0.2, 0.25) is 0 Å². The van der Waals surface area contributed by atoms with Gasteiger partial charge in [-0.15, -0.1) is 0 Å². The van der Waals surface area contributed by atoms with E-state index >= 15 is 0 Å². The van der Waals surface area contributed by atoms with E-state index in [1.807, 2.05) is 23.7 Å². The molecule has 0 radical (unpaired) electrons. The SMILES string of the molecule is CCn1ncnc1CSc1ccc(N)cn1. The largest absolute Gasteiger partial charge is 0.397 e. The fraction of sp³-hybridized carbons (Fsp3) is 0.300. The molecule has 0 aliphatic carbocycles. The van der Waals surface area contributed by atoms with Crippen LogP contribution >= 0.6 is 11.8 Å². The number of aromatic nitrogens is 4. The number of nitrogens with two attached hydrogens (primary N) is 1. The van der Waals surface area contributed by atoms with Gasteiger partial charge in [-0.3, -0.25) is 0 Å². The summed E-state index contributed by atoms with van der Waals surface area (Å²) < 4.78 is 1.88. The van der Waals surface area contributed by atoms with Crippen molar-refractivity contribution in [1.29, 1.82) is 0 Å². The van der Waals surface area contributed by atoms with Crippen LogP contribution < -0.4 is 5.73 Å². The van der Waals surface area contributed by atoms with Gasteiger partial charge in [0.05, 0.1) is 22.7 Å². The molecule has 0 aliphatic heterocycles. The topological polar surface area (TPSA) is 69.6 Å². The second kappa shape index (κ2) is 4.98. The van der Waals surface area contributed by atoms with Gasteiger partial charge in [-0.05, 0) is 19.1 Å². The highest BCUT2D eigenvalue weighted by Crippen LogP contribution is 2.19. The van der Waals surface area contributed by atoms with Crippen molar-refractivity contribution < 1.29 is 0 Å². The maximum Gasteiger partial charge on any atom is 0.138 e. The van der Waals surface area contributed by atoms with Crippen molar-refractivity contribution in [2.75, 3.05) is 5.73 Å². The van der Waals surface area contributed by atoms with Crippen LogP contribution in [0.2, 0.25) is 0 Å². The van der Waals surface area contributed by atoms with E-state index in [9.17, 15) is 0 Å². The lowest BCUT2D eigenvalue weighted by atomic mass is 10.4. The molecule has 84 valence electrons. The number of rotatable bonds is 4. The van der Waals surface area contributed by atoms with Crippen molar-refractivity contribution in [2.45, 2.75) is 24.2 Å². The fourth-order valence-corrected chi connectivity index (χ4v) is 2.07. The highest BCUT2D eigenvalue weighted by molar-refractivity contribution is 7.98. The molecule has 6 heteroatoms. The summed E-state index contributed by atoms with van der Waals surface area (Å²) in [5, 5.41) is 5.06. The zero-order valence-corrected chi connectivity index (χ0v) is 9.81. The molecule has 0 saturated carbocycles. The molecule has 0 unspecified atom stereocenters. The van der Waals surface area contributed by atoms with Gasteiger partial charge in [0.1, 0.15) is 12.2 Å². The maximum atomic E-state index is 5.56. The first-order valence-electron chi connectivity index (χ1n) is 5.00. The van der Waals surface area contributed by atoms with Gasteiger partial charge < -0.3 is 5.73 Å². The molecular weight excluding hydrogens is 222 g/mol. The second-order valence-electron chi connectivity index (χ2n) is 3.21. The number of pyridine rings is 1. The molecule has 0 atom stereocenters. The van der Waals surface area contributed by atoms with E-state index in [1.54, 1.807) is 24.3 Å². The van der Waals surface area contributed by atoms with Crippen LogP contribution in [0.1, 0.15) is 12.7 Å². The van der Waals surface area contributed by atoms with E-state index in [2.05, 4.69) is 15.1 Å². The summed E-state index contributed by atoms with van der Waals surface area (Å²) >= 11 is 1.63. The van der Waals surface area contributed by atoms with Gasteiger partial charge >= 0.3 is 0 Å². The summed E-state index contributed by atoms with van der Waals surface area (Å²) in [6, 6.07) is 3.76. The molecule has 2 aromatic rings. The molecule has 5 nitrogen and oxygen atoms in total. The van der Waals surface area contributed by atoms with Crippen molar-refractivity contribution in [3.63, 3.8) is 0 Å². The Kier molecular flexibility index (Phi) is 3.40. The van der Waals surface area contributed by atoms with Gasteiger partial charge in [0.15, 0.2) is 0 Å². The average molecular weight is 235 g/mol. The molecule has 0 aromatic carbocycles. The van der Waals surface area contributed by atoms with Crippen LogP contribution in [0.3, 0.4) is 0 Å². The lowest BCUT2D eigenvalue weighted by Crippen LogP contribution is -2.02. The molecule has 0 amide bonds. The number of hydrogen-bond acceptors (Lipinski definition) is 5. The molecule has 16 heavy (non-hydrogen) atoms. The molecule has 0 bridgehead atoms. The Morgan fingerprint density at radius 1 is 1.38 bits per heavy atom. The van der Waals surface area contributed by atoms with E-state index in [-0.39, 0.29) is 0 Å². The number of hydrogen-bond donors (Lipinski definition) is 1. The van der Waals surface area contributed by atoms with Crippen molar-refractivity contribution in [3.05, 3.63) is 30.5 Å². The van der Waals surface area contributed by atoms with Crippen molar-refractivity contribution >= 4 is 17.4 Å². The third kappa shape index (κ3) is 2.52. The summed E-state index contributed by atoms with van der Waals surface area (Å²) in [4.78, 5) is 8.41. The normalized spacial score (nSPS) is 10.6. The summed E-state index contributed by atoms with van der Waals surface area (Å²) in [6.07, 6.45) is 3.24. The van der Waals surface area contributed by atoms with Crippen LogP contribution in [0.4, 0.5) is 5.69 Å². The zero-order valence-electron chi connectivity index (χ0n) is 9.00. The van der Waals surface area contributed by atoms with E-state index in [0.717, 1.165) is 23.1 Å². The molecule has 2 aromatic heterocycles. The highest BCUT2D eigenvalue weighted by Gasteiger charge is 2.03. The molecule has 0 aliphatic rings. The van der Waals surface area contributed by atoms with Crippen LogP contribution in [0.25, 0.3) is 0 Å². The Bertz CT molecular complexity index is 450. The van der Waals surface area contributed by atoms with E-state index in [1.165, 1.54) is 0 Å². The predicted molar refractivity (Wildman–Crippen MR) is 63.9 cm³/mol. The molecule has 2 N–H and O–H groups in total. The summed E-state index contributed by atoms with van der Waals surface area (Å²) in [6.45, 7) is 2.88. The Balaban J connectivity index is 1.99. The van der Waals surface area contributed by atoms with Gasteiger partial charge in [0, 0.05) is 6.54 Å².